The van der Waals surface area contributed by atoms with Crippen LogP contribution in [-0.4, -0.2) is 46.9 Å². The number of carbonyl (C=O) groups excluding carboxylic acids is 1. The summed E-state index contributed by atoms with van der Waals surface area (Å²) in [6, 6.07) is 21.0. The Morgan fingerprint density at radius 3 is 2.06 bits per heavy atom. The minimum absolute atomic E-state index is 0.0904. The first-order valence-corrected chi connectivity index (χ1v) is 11.4. The van der Waals surface area contributed by atoms with Crippen LogP contribution >= 0.6 is 0 Å². The van der Waals surface area contributed by atoms with Gasteiger partial charge in [0.15, 0.2) is 5.69 Å². The Kier molecular flexibility index (Phi) is 7.02. The van der Waals surface area contributed by atoms with Crippen LogP contribution < -0.4 is 5.73 Å². The molecule has 2 aromatic carbocycles. The highest BCUT2D eigenvalue weighted by Crippen LogP contribution is 2.29. The van der Waals surface area contributed by atoms with Crippen LogP contribution in [0.15, 0.2) is 71.3 Å². The molecular weight excluding hydrogens is 400 g/mol. The van der Waals surface area contributed by atoms with Crippen molar-refractivity contribution in [1.29, 1.82) is 0 Å². The number of oxazole rings is 1. The summed E-state index contributed by atoms with van der Waals surface area (Å²) in [5.74, 6) is 0.785. The van der Waals surface area contributed by atoms with Crippen LogP contribution in [0.3, 0.4) is 0 Å². The van der Waals surface area contributed by atoms with E-state index in [-0.39, 0.29) is 18.0 Å². The van der Waals surface area contributed by atoms with Gasteiger partial charge in [-0.2, -0.15) is 0 Å². The van der Waals surface area contributed by atoms with E-state index in [0.717, 1.165) is 19.5 Å². The third kappa shape index (κ3) is 5.09. The minimum atomic E-state index is -0.286. The van der Waals surface area contributed by atoms with Gasteiger partial charge in [-0.25, -0.2) is 4.98 Å². The van der Waals surface area contributed by atoms with Crippen molar-refractivity contribution in [3.8, 4) is 0 Å². The molecule has 0 radical (unpaired) electrons. The van der Waals surface area contributed by atoms with Gasteiger partial charge in [-0.15, -0.1) is 0 Å². The Labute approximate surface area is 190 Å². The minimum Gasteiger partial charge on any atom is -0.446 e. The summed E-state index contributed by atoms with van der Waals surface area (Å²) in [7, 11) is 0. The number of hydrogen-bond donors (Lipinski definition) is 1. The van der Waals surface area contributed by atoms with Crippen molar-refractivity contribution in [2.75, 3.05) is 26.2 Å². The average molecular weight is 433 g/mol. The van der Waals surface area contributed by atoms with Crippen molar-refractivity contribution in [3.63, 3.8) is 0 Å². The normalized spacial score (nSPS) is 16.0. The van der Waals surface area contributed by atoms with Crippen molar-refractivity contribution >= 4 is 5.91 Å². The SMILES string of the molecule is CC(C)CC(N)c1nc(C(=O)N2CCN(C(c3ccccc3)c3ccccc3)CC2)co1. The van der Waals surface area contributed by atoms with Gasteiger partial charge >= 0.3 is 0 Å². The molecule has 168 valence electrons. The summed E-state index contributed by atoms with van der Waals surface area (Å²) < 4.78 is 5.52. The number of benzene rings is 2. The molecule has 2 heterocycles. The fourth-order valence-electron chi connectivity index (χ4n) is 4.39. The highest BCUT2D eigenvalue weighted by molar-refractivity contribution is 5.92. The van der Waals surface area contributed by atoms with Crippen LogP contribution in [0, 0.1) is 5.92 Å². The van der Waals surface area contributed by atoms with Crippen molar-refractivity contribution in [2.45, 2.75) is 32.4 Å². The van der Waals surface area contributed by atoms with Gasteiger partial charge in [-0.05, 0) is 23.5 Å². The maximum absolute atomic E-state index is 13.0. The number of piperazine rings is 1. The molecule has 1 aromatic heterocycles. The molecular formula is C26H32N4O2. The number of carbonyl (C=O) groups is 1. The molecule has 32 heavy (non-hydrogen) atoms. The summed E-state index contributed by atoms with van der Waals surface area (Å²) in [5, 5.41) is 0. The molecule has 1 aliphatic rings. The van der Waals surface area contributed by atoms with E-state index in [0.29, 0.717) is 30.6 Å². The average Bonchev–Trinajstić information content (AvgIpc) is 3.31. The Bertz CT molecular complexity index is 955. The molecule has 0 aliphatic carbocycles. The highest BCUT2D eigenvalue weighted by Gasteiger charge is 2.30. The van der Waals surface area contributed by atoms with E-state index in [9.17, 15) is 4.79 Å². The molecule has 1 amide bonds. The fourth-order valence-corrected chi connectivity index (χ4v) is 4.39. The predicted octanol–water partition coefficient (Wildman–Crippen LogP) is 4.27. The third-order valence-electron chi connectivity index (χ3n) is 5.98. The first kappa shape index (κ1) is 22.2. The topological polar surface area (TPSA) is 75.6 Å². The molecule has 0 saturated carbocycles. The van der Waals surface area contributed by atoms with Gasteiger partial charge in [0.05, 0.1) is 12.1 Å². The van der Waals surface area contributed by atoms with Crippen LogP contribution in [0.25, 0.3) is 0 Å². The van der Waals surface area contributed by atoms with E-state index in [1.807, 2.05) is 17.0 Å². The molecule has 1 fully saturated rings. The lowest BCUT2D eigenvalue weighted by Gasteiger charge is -2.39. The standard InChI is InChI=1S/C26H32N4O2/c1-19(2)17-22(27)25-28-23(18-32-25)26(31)30-15-13-29(14-16-30)24(20-9-5-3-6-10-20)21-11-7-4-8-12-21/h3-12,18-19,22,24H,13-17,27H2,1-2H3. The number of amides is 1. The lowest BCUT2D eigenvalue weighted by Crippen LogP contribution is -2.50. The second kappa shape index (κ2) is 10.1. The largest absolute Gasteiger partial charge is 0.446 e. The molecule has 1 aliphatic heterocycles. The molecule has 0 spiro atoms. The van der Waals surface area contributed by atoms with E-state index >= 15 is 0 Å². The van der Waals surface area contributed by atoms with E-state index < -0.39 is 0 Å². The smallest absolute Gasteiger partial charge is 0.275 e. The van der Waals surface area contributed by atoms with Gasteiger partial charge in [0.1, 0.15) is 6.26 Å². The number of aromatic nitrogens is 1. The molecule has 1 unspecified atom stereocenters. The first-order chi connectivity index (χ1) is 15.5. The molecule has 2 N–H and O–H groups in total. The summed E-state index contributed by atoms with van der Waals surface area (Å²) in [5.41, 5.74) is 9.03. The van der Waals surface area contributed by atoms with E-state index in [4.69, 9.17) is 10.2 Å². The molecule has 1 saturated heterocycles. The van der Waals surface area contributed by atoms with Crippen molar-refractivity contribution in [1.82, 2.24) is 14.8 Å². The predicted molar refractivity (Wildman–Crippen MR) is 125 cm³/mol. The number of nitrogens with zero attached hydrogens (tertiary/aromatic N) is 3. The maximum Gasteiger partial charge on any atom is 0.275 e. The lowest BCUT2D eigenvalue weighted by molar-refractivity contribution is 0.0591. The number of hydrogen-bond acceptors (Lipinski definition) is 5. The number of nitrogens with two attached hydrogens (primary N) is 1. The summed E-state index contributed by atoms with van der Waals surface area (Å²) in [6.07, 6.45) is 2.22. The van der Waals surface area contributed by atoms with Crippen LogP contribution in [0.1, 0.15) is 59.9 Å². The van der Waals surface area contributed by atoms with Crippen LogP contribution in [-0.2, 0) is 0 Å². The monoisotopic (exact) mass is 432 g/mol. The van der Waals surface area contributed by atoms with Crippen molar-refractivity contribution in [2.24, 2.45) is 11.7 Å². The Morgan fingerprint density at radius 2 is 1.53 bits per heavy atom. The van der Waals surface area contributed by atoms with E-state index in [1.54, 1.807) is 0 Å². The summed E-state index contributed by atoms with van der Waals surface area (Å²) in [4.78, 5) is 21.7. The van der Waals surface area contributed by atoms with Crippen molar-refractivity contribution < 1.29 is 9.21 Å². The van der Waals surface area contributed by atoms with Gasteiger partial charge in [0.25, 0.3) is 5.91 Å². The van der Waals surface area contributed by atoms with Gasteiger partial charge in [0, 0.05) is 26.2 Å². The van der Waals surface area contributed by atoms with Crippen LogP contribution in [0.2, 0.25) is 0 Å². The summed E-state index contributed by atoms with van der Waals surface area (Å²) >= 11 is 0. The molecule has 4 rings (SSSR count). The quantitative estimate of drug-likeness (QED) is 0.603. The third-order valence-corrected chi connectivity index (χ3v) is 5.98. The van der Waals surface area contributed by atoms with E-state index in [1.165, 1.54) is 17.4 Å². The second-order valence-electron chi connectivity index (χ2n) is 8.86. The second-order valence-corrected chi connectivity index (χ2v) is 8.86. The lowest BCUT2D eigenvalue weighted by atomic mass is 9.96. The molecule has 3 aromatic rings. The van der Waals surface area contributed by atoms with Crippen LogP contribution in [0.5, 0.6) is 0 Å². The Hall–Kier alpha value is -2.96. The zero-order valence-corrected chi connectivity index (χ0v) is 18.9. The Balaban J connectivity index is 1.44. The summed E-state index contributed by atoms with van der Waals surface area (Å²) in [6.45, 7) is 7.08. The highest BCUT2D eigenvalue weighted by atomic mass is 16.3. The molecule has 6 nitrogen and oxygen atoms in total. The fraction of sp³-hybridized carbons (Fsp3) is 0.385. The maximum atomic E-state index is 13.0. The Morgan fingerprint density at radius 1 is 0.969 bits per heavy atom. The van der Waals surface area contributed by atoms with Gasteiger partial charge < -0.3 is 15.1 Å². The van der Waals surface area contributed by atoms with Gasteiger partial charge in [-0.1, -0.05) is 74.5 Å². The van der Waals surface area contributed by atoms with Gasteiger partial charge in [0.2, 0.25) is 5.89 Å². The molecule has 0 bridgehead atoms. The molecule has 1 atom stereocenters. The van der Waals surface area contributed by atoms with Gasteiger partial charge in [-0.3, -0.25) is 9.69 Å². The van der Waals surface area contributed by atoms with E-state index in [2.05, 4.69) is 72.3 Å². The first-order valence-electron chi connectivity index (χ1n) is 11.4. The zero-order chi connectivity index (χ0) is 22.5. The number of rotatable bonds is 7. The van der Waals surface area contributed by atoms with Crippen molar-refractivity contribution in [3.05, 3.63) is 89.6 Å². The zero-order valence-electron chi connectivity index (χ0n) is 18.9. The molecule has 6 heteroatoms. The van der Waals surface area contributed by atoms with Crippen LogP contribution in [0.4, 0.5) is 0 Å².